The molecule has 0 bridgehead atoms. The number of hydrogen-bond donors (Lipinski definition) is 1. The first kappa shape index (κ1) is 12.1. The van der Waals surface area contributed by atoms with Crippen LogP contribution < -0.4 is 5.32 Å². The molecule has 0 aliphatic carbocycles. The molecule has 0 unspecified atom stereocenters. The highest BCUT2D eigenvalue weighted by atomic mass is 16.6. The van der Waals surface area contributed by atoms with Crippen LogP contribution in [0, 0.1) is 10.1 Å². The fourth-order valence-corrected chi connectivity index (χ4v) is 1.61. The van der Waals surface area contributed by atoms with E-state index in [9.17, 15) is 10.1 Å². The molecule has 0 aliphatic rings. The van der Waals surface area contributed by atoms with E-state index in [1.165, 1.54) is 12.3 Å². The van der Waals surface area contributed by atoms with Crippen molar-refractivity contribution in [3.05, 3.63) is 52.6 Å². The third-order valence-corrected chi connectivity index (χ3v) is 2.44. The lowest BCUT2D eigenvalue weighted by molar-refractivity contribution is -0.385. The summed E-state index contributed by atoms with van der Waals surface area (Å²) in [6.45, 7) is 1.99. The van der Waals surface area contributed by atoms with Crippen LogP contribution in [-0.4, -0.2) is 15.9 Å². The number of hydrogen-bond acceptors (Lipinski definition) is 5. The predicted octanol–water partition coefficient (Wildman–Crippen LogP) is 2.63. The summed E-state index contributed by atoms with van der Waals surface area (Å²) in [7, 11) is 0. The van der Waals surface area contributed by atoms with Crippen LogP contribution in [0.2, 0.25) is 0 Å². The molecule has 0 saturated heterocycles. The Morgan fingerprint density at radius 3 is 2.89 bits per heavy atom. The van der Waals surface area contributed by atoms with Crippen molar-refractivity contribution in [3.8, 4) is 0 Å². The van der Waals surface area contributed by atoms with E-state index in [2.05, 4.69) is 10.3 Å². The van der Waals surface area contributed by atoms with Gasteiger partial charge in [0.1, 0.15) is 17.8 Å². The molecule has 0 amide bonds. The van der Waals surface area contributed by atoms with Gasteiger partial charge < -0.3 is 9.73 Å². The van der Waals surface area contributed by atoms with Gasteiger partial charge in [-0.25, -0.2) is 4.98 Å². The van der Waals surface area contributed by atoms with Gasteiger partial charge in [-0.2, -0.15) is 0 Å². The van der Waals surface area contributed by atoms with E-state index in [0.29, 0.717) is 5.82 Å². The van der Waals surface area contributed by atoms with Crippen molar-refractivity contribution in [2.45, 2.75) is 19.4 Å². The lowest BCUT2D eigenvalue weighted by atomic mass is 10.2. The van der Waals surface area contributed by atoms with Crippen molar-refractivity contribution in [2.75, 3.05) is 5.32 Å². The average Bonchev–Trinajstić information content (AvgIpc) is 2.82. The first-order valence-corrected chi connectivity index (χ1v) is 5.54. The average molecular weight is 247 g/mol. The van der Waals surface area contributed by atoms with Gasteiger partial charge in [0.25, 0.3) is 5.69 Å². The van der Waals surface area contributed by atoms with Crippen LogP contribution in [0.5, 0.6) is 0 Å². The van der Waals surface area contributed by atoms with E-state index in [4.69, 9.17) is 4.42 Å². The van der Waals surface area contributed by atoms with Gasteiger partial charge in [0.05, 0.1) is 11.2 Å². The second kappa shape index (κ2) is 5.31. The highest BCUT2D eigenvalue weighted by Gasteiger charge is 2.08. The van der Waals surface area contributed by atoms with Gasteiger partial charge >= 0.3 is 0 Å². The van der Waals surface area contributed by atoms with Gasteiger partial charge in [-0.05, 0) is 25.1 Å². The van der Waals surface area contributed by atoms with Gasteiger partial charge in [-0.15, -0.1) is 0 Å². The third-order valence-electron chi connectivity index (χ3n) is 2.44. The Hall–Kier alpha value is -2.37. The Labute approximate surface area is 104 Å². The number of anilines is 1. The standard InChI is InChI=1S/C12H13N3O3/c1-9(7-11-3-2-6-18-11)14-12-5-4-10(8-13-12)15(16)17/h2-6,8-9H,7H2,1H3,(H,13,14)/t9-/m1/s1. The molecule has 0 saturated carbocycles. The Bertz CT molecular complexity index is 508. The summed E-state index contributed by atoms with van der Waals surface area (Å²) in [6.07, 6.45) is 3.60. The minimum absolute atomic E-state index is 0.0146. The number of nitro groups is 1. The summed E-state index contributed by atoms with van der Waals surface area (Å²) < 4.78 is 5.24. The molecule has 2 rings (SSSR count). The summed E-state index contributed by atoms with van der Waals surface area (Å²) in [5.41, 5.74) is -0.0146. The number of nitrogens with zero attached hydrogens (tertiary/aromatic N) is 2. The lowest BCUT2D eigenvalue weighted by Gasteiger charge is -2.12. The normalized spacial score (nSPS) is 12.1. The maximum atomic E-state index is 10.5. The van der Waals surface area contributed by atoms with Crippen molar-refractivity contribution in [2.24, 2.45) is 0 Å². The number of aromatic nitrogens is 1. The zero-order valence-corrected chi connectivity index (χ0v) is 9.87. The summed E-state index contributed by atoms with van der Waals surface area (Å²) >= 11 is 0. The van der Waals surface area contributed by atoms with Gasteiger partial charge in [-0.1, -0.05) is 0 Å². The maximum absolute atomic E-state index is 10.5. The Morgan fingerprint density at radius 1 is 1.50 bits per heavy atom. The minimum atomic E-state index is -0.469. The zero-order chi connectivity index (χ0) is 13.0. The fraction of sp³-hybridized carbons (Fsp3) is 0.250. The van der Waals surface area contributed by atoms with Crippen molar-refractivity contribution in [1.29, 1.82) is 0 Å². The SMILES string of the molecule is C[C@H](Cc1ccco1)Nc1ccc([N+](=O)[O-])cn1. The predicted molar refractivity (Wildman–Crippen MR) is 66.4 cm³/mol. The minimum Gasteiger partial charge on any atom is -0.469 e. The summed E-state index contributed by atoms with van der Waals surface area (Å²) in [5, 5.41) is 13.6. The van der Waals surface area contributed by atoms with E-state index < -0.39 is 4.92 Å². The second-order valence-electron chi connectivity index (χ2n) is 3.99. The smallest absolute Gasteiger partial charge is 0.287 e. The van der Waals surface area contributed by atoms with Gasteiger partial charge in [0.2, 0.25) is 0 Å². The van der Waals surface area contributed by atoms with E-state index >= 15 is 0 Å². The topological polar surface area (TPSA) is 81.2 Å². The molecule has 2 aromatic heterocycles. The number of nitrogens with one attached hydrogen (secondary N) is 1. The molecular formula is C12H13N3O3. The molecule has 2 aromatic rings. The zero-order valence-electron chi connectivity index (χ0n) is 9.87. The van der Waals surface area contributed by atoms with Crippen molar-refractivity contribution >= 4 is 11.5 Å². The maximum Gasteiger partial charge on any atom is 0.287 e. The molecule has 1 atom stereocenters. The van der Waals surface area contributed by atoms with E-state index in [1.54, 1.807) is 12.3 Å². The Balaban J connectivity index is 1.94. The van der Waals surface area contributed by atoms with Crippen molar-refractivity contribution < 1.29 is 9.34 Å². The Morgan fingerprint density at radius 2 is 2.33 bits per heavy atom. The van der Waals surface area contributed by atoms with Crippen molar-refractivity contribution in [3.63, 3.8) is 0 Å². The molecule has 0 spiro atoms. The van der Waals surface area contributed by atoms with Crippen LogP contribution in [0.25, 0.3) is 0 Å². The van der Waals surface area contributed by atoms with Gasteiger partial charge in [-0.3, -0.25) is 10.1 Å². The van der Waals surface area contributed by atoms with Crippen LogP contribution in [0.4, 0.5) is 11.5 Å². The van der Waals surface area contributed by atoms with Crippen molar-refractivity contribution in [1.82, 2.24) is 4.98 Å². The molecule has 6 heteroatoms. The quantitative estimate of drug-likeness (QED) is 0.648. The molecule has 1 N–H and O–H groups in total. The number of furan rings is 1. The summed E-state index contributed by atoms with van der Waals surface area (Å²) in [5.74, 6) is 1.50. The first-order chi connectivity index (χ1) is 8.65. The summed E-state index contributed by atoms with van der Waals surface area (Å²) in [4.78, 5) is 14.0. The number of pyridine rings is 1. The molecule has 0 aromatic carbocycles. The summed E-state index contributed by atoms with van der Waals surface area (Å²) in [6, 6.07) is 6.89. The first-order valence-electron chi connectivity index (χ1n) is 5.54. The lowest BCUT2D eigenvalue weighted by Crippen LogP contribution is -2.18. The largest absolute Gasteiger partial charge is 0.469 e. The van der Waals surface area contributed by atoms with Crippen LogP contribution in [0.1, 0.15) is 12.7 Å². The van der Waals surface area contributed by atoms with E-state index in [0.717, 1.165) is 12.2 Å². The molecule has 94 valence electrons. The molecule has 2 heterocycles. The molecule has 0 fully saturated rings. The second-order valence-corrected chi connectivity index (χ2v) is 3.99. The Kier molecular flexibility index (Phi) is 3.57. The highest BCUT2D eigenvalue weighted by Crippen LogP contribution is 2.13. The van der Waals surface area contributed by atoms with Crippen LogP contribution in [-0.2, 0) is 6.42 Å². The molecular weight excluding hydrogens is 234 g/mol. The molecule has 6 nitrogen and oxygen atoms in total. The van der Waals surface area contributed by atoms with Crippen LogP contribution in [0.15, 0.2) is 41.1 Å². The fourth-order valence-electron chi connectivity index (χ4n) is 1.61. The van der Waals surface area contributed by atoms with Gasteiger partial charge in [0.15, 0.2) is 0 Å². The monoisotopic (exact) mass is 247 g/mol. The van der Waals surface area contributed by atoms with Crippen LogP contribution >= 0.6 is 0 Å². The molecule has 0 aliphatic heterocycles. The molecule has 0 radical (unpaired) electrons. The highest BCUT2D eigenvalue weighted by molar-refractivity contribution is 5.40. The van der Waals surface area contributed by atoms with E-state index in [1.807, 2.05) is 19.1 Å². The van der Waals surface area contributed by atoms with Crippen LogP contribution in [0.3, 0.4) is 0 Å². The number of rotatable bonds is 5. The molecule has 18 heavy (non-hydrogen) atoms. The third kappa shape index (κ3) is 3.07. The van der Waals surface area contributed by atoms with Gasteiger partial charge in [0, 0.05) is 18.5 Å². The van der Waals surface area contributed by atoms with E-state index in [-0.39, 0.29) is 11.7 Å².